The molecule has 1 aromatic carbocycles. The zero-order valence-corrected chi connectivity index (χ0v) is 13.0. The largest absolute Gasteiger partial charge is 0.363 e. The molecule has 3 aromatic rings. The highest BCUT2D eigenvalue weighted by atomic mass is 16.1. The second-order valence-electron chi connectivity index (χ2n) is 5.30. The van der Waals surface area contributed by atoms with Gasteiger partial charge in [-0.15, -0.1) is 0 Å². The highest BCUT2D eigenvalue weighted by Crippen LogP contribution is 2.12. The normalized spacial score (nSPS) is 10.5. The Morgan fingerprint density at radius 1 is 1.09 bits per heavy atom. The van der Waals surface area contributed by atoms with Crippen LogP contribution in [0.3, 0.4) is 0 Å². The van der Waals surface area contributed by atoms with Crippen molar-refractivity contribution < 1.29 is 4.79 Å². The van der Waals surface area contributed by atoms with Crippen molar-refractivity contribution in [3.63, 3.8) is 0 Å². The second-order valence-corrected chi connectivity index (χ2v) is 5.30. The van der Waals surface area contributed by atoms with Gasteiger partial charge < -0.3 is 10.2 Å². The molecule has 0 aliphatic rings. The van der Waals surface area contributed by atoms with Crippen molar-refractivity contribution in [1.82, 2.24) is 20.3 Å². The van der Waals surface area contributed by atoms with Crippen molar-refractivity contribution >= 4 is 22.6 Å². The molecular formula is C17H17N5O. The van der Waals surface area contributed by atoms with E-state index in [0.717, 1.165) is 16.7 Å². The van der Waals surface area contributed by atoms with Crippen molar-refractivity contribution in [3.05, 3.63) is 60.2 Å². The number of aromatic nitrogens is 3. The number of benzene rings is 1. The number of anilines is 1. The summed E-state index contributed by atoms with van der Waals surface area (Å²) in [4.78, 5) is 27.0. The lowest BCUT2D eigenvalue weighted by Gasteiger charge is -2.11. The first kappa shape index (κ1) is 14.9. The average Bonchev–Trinajstić information content (AvgIpc) is 2.59. The summed E-state index contributed by atoms with van der Waals surface area (Å²) in [5.74, 6) is 1.12. The molecule has 0 spiro atoms. The fraction of sp³-hybridized carbons (Fsp3) is 0.176. The third kappa shape index (κ3) is 3.42. The SMILES string of the molecule is CN(C)c1ccnc(CNC(=O)c2ccc3ccccc3n2)n1. The molecule has 0 atom stereocenters. The van der Waals surface area contributed by atoms with E-state index in [1.807, 2.05) is 55.4 Å². The Kier molecular flexibility index (Phi) is 4.14. The van der Waals surface area contributed by atoms with Gasteiger partial charge >= 0.3 is 0 Å². The van der Waals surface area contributed by atoms with Crippen LogP contribution >= 0.6 is 0 Å². The Labute approximate surface area is 134 Å². The van der Waals surface area contributed by atoms with Gasteiger partial charge in [-0.25, -0.2) is 15.0 Å². The maximum atomic E-state index is 12.2. The molecule has 0 saturated heterocycles. The minimum atomic E-state index is -0.241. The summed E-state index contributed by atoms with van der Waals surface area (Å²) in [5.41, 5.74) is 1.18. The first-order chi connectivity index (χ1) is 11.1. The van der Waals surface area contributed by atoms with Gasteiger partial charge in [-0.1, -0.05) is 24.3 Å². The minimum absolute atomic E-state index is 0.241. The summed E-state index contributed by atoms with van der Waals surface area (Å²) in [7, 11) is 3.81. The number of amides is 1. The summed E-state index contributed by atoms with van der Waals surface area (Å²) in [6, 6.07) is 13.1. The zero-order valence-electron chi connectivity index (χ0n) is 13.0. The molecule has 1 N–H and O–H groups in total. The highest BCUT2D eigenvalue weighted by Gasteiger charge is 2.09. The number of nitrogens with one attached hydrogen (secondary N) is 1. The van der Waals surface area contributed by atoms with Crippen LogP contribution in [0.4, 0.5) is 5.82 Å². The number of fused-ring (bicyclic) bond motifs is 1. The molecule has 0 radical (unpaired) electrons. The first-order valence-electron chi connectivity index (χ1n) is 7.27. The Morgan fingerprint density at radius 3 is 2.74 bits per heavy atom. The third-order valence-electron chi connectivity index (χ3n) is 3.39. The topological polar surface area (TPSA) is 71.0 Å². The van der Waals surface area contributed by atoms with Crippen LogP contribution in [0.15, 0.2) is 48.7 Å². The van der Waals surface area contributed by atoms with E-state index in [-0.39, 0.29) is 12.5 Å². The molecular weight excluding hydrogens is 290 g/mol. The van der Waals surface area contributed by atoms with Gasteiger partial charge in [-0.3, -0.25) is 4.79 Å². The number of hydrogen-bond acceptors (Lipinski definition) is 5. The number of nitrogens with zero attached hydrogens (tertiary/aromatic N) is 4. The molecule has 0 bridgehead atoms. The first-order valence-corrected chi connectivity index (χ1v) is 7.27. The van der Waals surface area contributed by atoms with E-state index >= 15 is 0 Å². The smallest absolute Gasteiger partial charge is 0.270 e. The van der Waals surface area contributed by atoms with E-state index in [1.165, 1.54) is 0 Å². The van der Waals surface area contributed by atoms with E-state index in [0.29, 0.717) is 11.5 Å². The second kappa shape index (κ2) is 6.39. The number of carbonyl (C=O) groups excluding carboxylic acids is 1. The molecule has 0 fully saturated rings. The highest BCUT2D eigenvalue weighted by molar-refractivity contribution is 5.94. The van der Waals surface area contributed by atoms with E-state index in [9.17, 15) is 4.79 Å². The maximum absolute atomic E-state index is 12.2. The summed E-state index contributed by atoms with van der Waals surface area (Å²) >= 11 is 0. The Hall–Kier alpha value is -3.02. The molecule has 6 nitrogen and oxygen atoms in total. The van der Waals surface area contributed by atoms with Gasteiger partial charge in [0.2, 0.25) is 0 Å². The molecule has 6 heteroatoms. The molecule has 1 amide bonds. The minimum Gasteiger partial charge on any atom is -0.363 e. The van der Waals surface area contributed by atoms with E-state index in [4.69, 9.17) is 0 Å². The maximum Gasteiger partial charge on any atom is 0.270 e. The van der Waals surface area contributed by atoms with E-state index < -0.39 is 0 Å². The molecule has 0 aliphatic carbocycles. The van der Waals surface area contributed by atoms with Gasteiger partial charge in [0.1, 0.15) is 17.3 Å². The third-order valence-corrected chi connectivity index (χ3v) is 3.39. The van der Waals surface area contributed by atoms with Crippen LogP contribution in [0.25, 0.3) is 10.9 Å². The predicted molar refractivity (Wildman–Crippen MR) is 89.3 cm³/mol. The molecule has 116 valence electrons. The fourth-order valence-corrected chi connectivity index (χ4v) is 2.16. The van der Waals surface area contributed by atoms with E-state index in [2.05, 4.69) is 20.3 Å². The van der Waals surface area contributed by atoms with Crippen LogP contribution in [0.2, 0.25) is 0 Å². The molecule has 3 rings (SSSR count). The average molecular weight is 307 g/mol. The summed E-state index contributed by atoms with van der Waals surface area (Å²) in [6.45, 7) is 0.259. The number of para-hydroxylation sites is 1. The number of pyridine rings is 1. The predicted octanol–water partition coefficient (Wildman–Crippen LogP) is 2.02. The van der Waals surface area contributed by atoms with Crippen molar-refractivity contribution in [2.24, 2.45) is 0 Å². The summed E-state index contributed by atoms with van der Waals surface area (Å²) in [6.07, 6.45) is 1.68. The number of hydrogen-bond donors (Lipinski definition) is 1. The van der Waals surface area contributed by atoms with E-state index in [1.54, 1.807) is 12.3 Å². The van der Waals surface area contributed by atoms with Crippen LogP contribution < -0.4 is 10.2 Å². The summed E-state index contributed by atoms with van der Waals surface area (Å²) < 4.78 is 0. The lowest BCUT2D eigenvalue weighted by atomic mass is 10.2. The molecule has 23 heavy (non-hydrogen) atoms. The monoisotopic (exact) mass is 307 g/mol. The summed E-state index contributed by atoms with van der Waals surface area (Å²) in [5, 5.41) is 3.81. The van der Waals surface area contributed by atoms with Crippen molar-refractivity contribution in [2.75, 3.05) is 19.0 Å². The standard InChI is InChI=1S/C17H17N5O/c1-22(2)16-9-10-18-15(21-16)11-19-17(23)14-8-7-12-5-3-4-6-13(12)20-14/h3-10H,11H2,1-2H3,(H,19,23). The lowest BCUT2D eigenvalue weighted by molar-refractivity contribution is 0.0945. The van der Waals surface area contributed by atoms with Crippen molar-refractivity contribution in [1.29, 1.82) is 0 Å². The van der Waals surface area contributed by atoms with Gasteiger partial charge in [0.05, 0.1) is 12.1 Å². The Morgan fingerprint density at radius 2 is 1.91 bits per heavy atom. The van der Waals surface area contributed by atoms with Gasteiger partial charge in [0, 0.05) is 25.7 Å². The molecule has 0 unspecified atom stereocenters. The van der Waals surface area contributed by atoms with Crippen LogP contribution in [0.5, 0.6) is 0 Å². The van der Waals surface area contributed by atoms with Gasteiger partial charge in [0.15, 0.2) is 0 Å². The van der Waals surface area contributed by atoms with Crippen molar-refractivity contribution in [2.45, 2.75) is 6.54 Å². The zero-order chi connectivity index (χ0) is 16.2. The van der Waals surface area contributed by atoms with Gasteiger partial charge in [-0.2, -0.15) is 0 Å². The van der Waals surface area contributed by atoms with Gasteiger partial charge in [-0.05, 0) is 18.2 Å². The quantitative estimate of drug-likeness (QED) is 0.798. The molecule has 2 heterocycles. The molecule has 0 saturated carbocycles. The van der Waals surface area contributed by atoms with Crippen LogP contribution in [-0.4, -0.2) is 35.0 Å². The van der Waals surface area contributed by atoms with Gasteiger partial charge in [0.25, 0.3) is 5.91 Å². The number of carbonyl (C=O) groups is 1. The van der Waals surface area contributed by atoms with Crippen LogP contribution in [0, 0.1) is 0 Å². The molecule has 0 aliphatic heterocycles. The van der Waals surface area contributed by atoms with Crippen LogP contribution in [-0.2, 0) is 6.54 Å². The Balaban J connectivity index is 1.72. The molecule has 2 aromatic heterocycles. The van der Waals surface area contributed by atoms with Crippen LogP contribution in [0.1, 0.15) is 16.3 Å². The fourth-order valence-electron chi connectivity index (χ4n) is 2.16. The van der Waals surface area contributed by atoms with Crippen molar-refractivity contribution in [3.8, 4) is 0 Å². The lowest BCUT2D eigenvalue weighted by Crippen LogP contribution is -2.25. The number of rotatable bonds is 4. The Bertz CT molecular complexity index is 847.